The summed E-state index contributed by atoms with van der Waals surface area (Å²) in [6.07, 6.45) is -0.904. The van der Waals surface area contributed by atoms with E-state index >= 15 is 0 Å². The molecule has 0 aliphatic rings. The molecule has 0 radical (unpaired) electrons. The fourth-order valence-electron chi connectivity index (χ4n) is 3.08. The van der Waals surface area contributed by atoms with Crippen molar-refractivity contribution in [2.75, 3.05) is 7.11 Å². The molecule has 3 aromatic carbocycles. The number of ether oxygens (including phenoxy) is 1. The smallest absolute Gasteiger partial charge is 0.333 e. The van der Waals surface area contributed by atoms with E-state index in [9.17, 15) is 9.90 Å². The Hall–Kier alpha value is -2.91. The largest absolute Gasteiger partial charge is 0.466 e. The second-order valence-corrected chi connectivity index (χ2v) is 5.96. The Balaban J connectivity index is 2.04. The summed E-state index contributed by atoms with van der Waals surface area (Å²) in [4.78, 5) is 12.0. The van der Waals surface area contributed by atoms with Crippen LogP contribution in [0.25, 0.3) is 10.8 Å². The van der Waals surface area contributed by atoms with Crippen molar-refractivity contribution in [2.45, 2.75) is 12.0 Å². The van der Waals surface area contributed by atoms with Gasteiger partial charge in [0.2, 0.25) is 0 Å². The molecule has 3 aromatic rings. The molecule has 0 aliphatic heterocycles. The standard InChI is InChI=1S/C22H20O3/c1-15(22(24)25-2)20(17-9-4-3-5-10-17)21(23)19-13-12-16-8-6-7-11-18(16)14-19/h3-14,20-21,23H,1H2,2H3. The van der Waals surface area contributed by atoms with E-state index in [2.05, 4.69) is 6.58 Å². The molecule has 0 bridgehead atoms. The van der Waals surface area contributed by atoms with Gasteiger partial charge in [0.1, 0.15) is 0 Å². The normalized spacial score (nSPS) is 13.2. The van der Waals surface area contributed by atoms with Crippen molar-refractivity contribution < 1.29 is 14.6 Å². The molecule has 126 valence electrons. The van der Waals surface area contributed by atoms with E-state index in [0.717, 1.165) is 21.9 Å². The highest BCUT2D eigenvalue weighted by atomic mass is 16.5. The van der Waals surface area contributed by atoms with Crippen molar-refractivity contribution in [1.82, 2.24) is 0 Å². The molecule has 3 rings (SSSR count). The number of benzene rings is 3. The minimum atomic E-state index is -0.904. The number of fused-ring (bicyclic) bond motifs is 1. The molecule has 25 heavy (non-hydrogen) atoms. The lowest BCUT2D eigenvalue weighted by atomic mass is 9.83. The Bertz CT molecular complexity index is 899. The van der Waals surface area contributed by atoms with Gasteiger partial charge in [-0.15, -0.1) is 0 Å². The van der Waals surface area contributed by atoms with E-state index in [1.807, 2.05) is 72.8 Å². The molecule has 0 aliphatic carbocycles. The SMILES string of the molecule is C=C(C(=O)OC)C(c1ccccc1)C(O)c1ccc2ccccc2c1. The van der Waals surface area contributed by atoms with E-state index in [-0.39, 0.29) is 5.57 Å². The van der Waals surface area contributed by atoms with Gasteiger partial charge in [0.05, 0.1) is 13.2 Å². The first-order valence-electron chi connectivity index (χ1n) is 8.10. The van der Waals surface area contributed by atoms with Crippen LogP contribution in [0.3, 0.4) is 0 Å². The van der Waals surface area contributed by atoms with E-state index in [4.69, 9.17) is 4.74 Å². The van der Waals surface area contributed by atoms with Gasteiger partial charge in [0.25, 0.3) is 0 Å². The van der Waals surface area contributed by atoms with E-state index < -0.39 is 18.0 Å². The molecule has 2 atom stereocenters. The zero-order valence-corrected chi connectivity index (χ0v) is 14.1. The van der Waals surface area contributed by atoms with Gasteiger partial charge in [-0.1, -0.05) is 73.3 Å². The van der Waals surface area contributed by atoms with Crippen LogP contribution in [-0.4, -0.2) is 18.2 Å². The van der Waals surface area contributed by atoms with Gasteiger partial charge in [-0.3, -0.25) is 0 Å². The van der Waals surface area contributed by atoms with Gasteiger partial charge in [-0.25, -0.2) is 4.79 Å². The fraction of sp³-hybridized carbons (Fsp3) is 0.136. The number of carbonyl (C=O) groups excluding carboxylic acids is 1. The molecule has 3 nitrogen and oxygen atoms in total. The summed E-state index contributed by atoms with van der Waals surface area (Å²) in [7, 11) is 1.32. The minimum Gasteiger partial charge on any atom is -0.466 e. The van der Waals surface area contributed by atoms with Crippen LogP contribution in [0.2, 0.25) is 0 Å². The number of aliphatic hydroxyl groups is 1. The quantitative estimate of drug-likeness (QED) is 0.557. The van der Waals surface area contributed by atoms with Crippen LogP contribution < -0.4 is 0 Å². The zero-order valence-electron chi connectivity index (χ0n) is 14.1. The predicted molar refractivity (Wildman–Crippen MR) is 99.2 cm³/mol. The summed E-state index contributed by atoms with van der Waals surface area (Å²) < 4.78 is 4.82. The van der Waals surface area contributed by atoms with Crippen molar-refractivity contribution in [3.8, 4) is 0 Å². The first kappa shape index (κ1) is 16.9. The summed E-state index contributed by atoms with van der Waals surface area (Å²) in [5.74, 6) is -1.09. The number of methoxy groups -OCH3 is 1. The Labute approximate surface area is 147 Å². The summed E-state index contributed by atoms with van der Waals surface area (Å²) in [5, 5.41) is 13.2. The highest BCUT2D eigenvalue weighted by molar-refractivity contribution is 5.90. The molecule has 1 N–H and O–H groups in total. The van der Waals surface area contributed by atoms with Crippen molar-refractivity contribution in [3.05, 3.63) is 96.1 Å². The van der Waals surface area contributed by atoms with Crippen LogP contribution in [0.4, 0.5) is 0 Å². The van der Waals surface area contributed by atoms with Crippen molar-refractivity contribution in [3.63, 3.8) is 0 Å². The van der Waals surface area contributed by atoms with E-state index in [1.165, 1.54) is 7.11 Å². The zero-order chi connectivity index (χ0) is 17.8. The van der Waals surface area contributed by atoms with E-state index in [0.29, 0.717) is 0 Å². The molecule has 2 unspecified atom stereocenters. The van der Waals surface area contributed by atoms with Crippen LogP contribution in [0, 0.1) is 0 Å². The molecule has 0 aromatic heterocycles. The maximum absolute atomic E-state index is 12.0. The predicted octanol–water partition coefficient (Wildman–Crippen LogP) is 4.39. The first-order valence-corrected chi connectivity index (χ1v) is 8.10. The molecular formula is C22H20O3. The maximum Gasteiger partial charge on any atom is 0.333 e. The number of esters is 1. The van der Waals surface area contributed by atoms with Crippen molar-refractivity contribution >= 4 is 16.7 Å². The molecule has 0 fully saturated rings. The second-order valence-electron chi connectivity index (χ2n) is 5.96. The molecular weight excluding hydrogens is 312 g/mol. The molecule has 0 amide bonds. The van der Waals surface area contributed by atoms with Crippen LogP contribution >= 0.6 is 0 Å². The molecule has 0 spiro atoms. The number of hydrogen-bond donors (Lipinski definition) is 1. The lowest BCUT2D eigenvalue weighted by Crippen LogP contribution is -2.19. The Kier molecular flexibility index (Phi) is 4.96. The van der Waals surface area contributed by atoms with Crippen LogP contribution in [-0.2, 0) is 9.53 Å². The van der Waals surface area contributed by atoms with Crippen molar-refractivity contribution in [2.24, 2.45) is 0 Å². The topological polar surface area (TPSA) is 46.5 Å². The summed E-state index contributed by atoms with van der Waals surface area (Å²) in [6.45, 7) is 3.88. The number of rotatable bonds is 5. The number of hydrogen-bond acceptors (Lipinski definition) is 3. The molecule has 0 heterocycles. The van der Waals surface area contributed by atoms with Gasteiger partial charge in [0.15, 0.2) is 0 Å². The van der Waals surface area contributed by atoms with Gasteiger partial charge in [-0.2, -0.15) is 0 Å². The highest BCUT2D eigenvalue weighted by Crippen LogP contribution is 2.37. The third-order valence-electron chi connectivity index (χ3n) is 4.41. The monoisotopic (exact) mass is 332 g/mol. The fourth-order valence-corrected chi connectivity index (χ4v) is 3.08. The highest BCUT2D eigenvalue weighted by Gasteiger charge is 2.29. The van der Waals surface area contributed by atoms with E-state index in [1.54, 1.807) is 0 Å². The van der Waals surface area contributed by atoms with Gasteiger partial charge >= 0.3 is 5.97 Å². The lowest BCUT2D eigenvalue weighted by Gasteiger charge is -2.25. The third-order valence-corrected chi connectivity index (χ3v) is 4.41. The van der Waals surface area contributed by atoms with Gasteiger partial charge in [-0.05, 0) is 28.0 Å². The molecule has 0 saturated carbocycles. The van der Waals surface area contributed by atoms with Crippen molar-refractivity contribution in [1.29, 1.82) is 0 Å². The second kappa shape index (κ2) is 7.32. The Morgan fingerprint density at radius 1 is 0.920 bits per heavy atom. The summed E-state index contributed by atoms with van der Waals surface area (Å²) in [6, 6.07) is 23.2. The average Bonchev–Trinajstić information content (AvgIpc) is 2.67. The van der Waals surface area contributed by atoms with Gasteiger partial charge in [0, 0.05) is 11.5 Å². The summed E-state index contributed by atoms with van der Waals surface area (Å²) >= 11 is 0. The number of aliphatic hydroxyl groups excluding tert-OH is 1. The molecule has 0 saturated heterocycles. The lowest BCUT2D eigenvalue weighted by molar-refractivity contribution is -0.136. The maximum atomic E-state index is 12.0. The van der Waals surface area contributed by atoms with Crippen LogP contribution in [0.1, 0.15) is 23.1 Å². The van der Waals surface area contributed by atoms with Gasteiger partial charge < -0.3 is 9.84 Å². The Morgan fingerprint density at radius 2 is 1.56 bits per heavy atom. The van der Waals surface area contributed by atoms with Crippen LogP contribution in [0.5, 0.6) is 0 Å². The average molecular weight is 332 g/mol. The Morgan fingerprint density at radius 3 is 2.24 bits per heavy atom. The first-order chi connectivity index (χ1) is 12.1. The number of carbonyl (C=O) groups is 1. The van der Waals surface area contributed by atoms with Crippen LogP contribution in [0.15, 0.2) is 84.9 Å². The molecule has 3 heteroatoms. The third kappa shape index (κ3) is 3.47. The summed E-state index contributed by atoms with van der Waals surface area (Å²) in [5.41, 5.74) is 1.78. The minimum absolute atomic E-state index is 0.231.